The van der Waals surface area contributed by atoms with Gasteiger partial charge in [0, 0.05) is 51.8 Å². The standard InChI is InChI=1S/C18H23ClO5/c1-21-5-2-6-23-18-11-17-13(9-14(18)19)15(20)10-16(24-17)12-3-7-22-8-4-12/h9,11-12,16H,2-8,10H2,1H3. The van der Waals surface area contributed by atoms with Crippen LogP contribution in [0.15, 0.2) is 12.1 Å². The number of ether oxygens (including phenoxy) is 4. The van der Waals surface area contributed by atoms with Gasteiger partial charge in [-0.05, 0) is 18.9 Å². The first-order chi connectivity index (χ1) is 11.7. The average Bonchev–Trinajstić information content (AvgIpc) is 2.60. The molecular weight excluding hydrogens is 332 g/mol. The number of hydrogen-bond acceptors (Lipinski definition) is 5. The van der Waals surface area contributed by atoms with Gasteiger partial charge < -0.3 is 18.9 Å². The lowest BCUT2D eigenvalue weighted by molar-refractivity contribution is 0.0119. The van der Waals surface area contributed by atoms with Crippen LogP contribution in [0.5, 0.6) is 11.5 Å². The molecule has 0 spiro atoms. The van der Waals surface area contributed by atoms with E-state index in [-0.39, 0.29) is 11.9 Å². The Labute approximate surface area is 147 Å². The van der Waals surface area contributed by atoms with E-state index in [0.717, 1.165) is 32.5 Å². The van der Waals surface area contributed by atoms with Crippen LogP contribution >= 0.6 is 11.6 Å². The minimum Gasteiger partial charge on any atom is -0.492 e. The van der Waals surface area contributed by atoms with Crippen molar-refractivity contribution in [3.63, 3.8) is 0 Å². The van der Waals surface area contributed by atoms with Gasteiger partial charge >= 0.3 is 0 Å². The molecular formula is C18H23ClO5. The van der Waals surface area contributed by atoms with Crippen molar-refractivity contribution in [2.45, 2.75) is 31.8 Å². The maximum Gasteiger partial charge on any atom is 0.170 e. The molecule has 1 fully saturated rings. The molecule has 0 N–H and O–H groups in total. The molecule has 5 nitrogen and oxygen atoms in total. The van der Waals surface area contributed by atoms with E-state index in [1.54, 1.807) is 19.2 Å². The van der Waals surface area contributed by atoms with Crippen LogP contribution < -0.4 is 9.47 Å². The quantitative estimate of drug-likeness (QED) is 0.732. The molecule has 132 valence electrons. The lowest BCUT2D eigenvalue weighted by Crippen LogP contribution is -2.36. The van der Waals surface area contributed by atoms with Gasteiger partial charge in [-0.3, -0.25) is 4.79 Å². The minimum absolute atomic E-state index is 0.0839. The Morgan fingerprint density at radius 3 is 2.79 bits per heavy atom. The zero-order chi connectivity index (χ0) is 16.9. The Hall–Kier alpha value is -1.30. The zero-order valence-electron chi connectivity index (χ0n) is 13.9. The van der Waals surface area contributed by atoms with E-state index in [0.29, 0.717) is 47.6 Å². The molecule has 6 heteroatoms. The van der Waals surface area contributed by atoms with E-state index in [2.05, 4.69) is 0 Å². The van der Waals surface area contributed by atoms with Crippen LogP contribution in [0, 0.1) is 5.92 Å². The summed E-state index contributed by atoms with van der Waals surface area (Å²) >= 11 is 6.24. The van der Waals surface area contributed by atoms with Crippen LogP contribution in [0.1, 0.15) is 36.0 Å². The maximum atomic E-state index is 12.5. The van der Waals surface area contributed by atoms with Gasteiger partial charge in [-0.25, -0.2) is 0 Å². The lowest BCUT2D eigenvalue weighted by Gasteiger charge is -2.33. The minimum atomic E-state index is -0.0867. The number of hydrogen-bond donors (Lipinski definition) is 0. The molecule has 2 aliphatic rings. The number of fused-ring (bicyclic) bond motifs is 1. The van der Waals surface area contributed by atoms with Crippen LogP contribution in [-0.4, -0.2) is 45.4 Å². The summed E-state index contributed by atoms with van der Waals surface area (Å²) < 4.78 is 22.2. The summed E-state index contributed by atoms with van der Waals surface area (Å²) in [6, 6.07) is 3.40. The second kappa shape index (κ2) is 8.19. The number of carbonyl (C=O) groups excluding carboxylic acids is 1. The van der Waals surface area contributed by atoms with Crippen molar-refractivity contribution in [3.8, 4) is 11.5 Å². The third-order valence-electron chi connectivity index (χ3n) is 4.54. The number of halogens is 1. The van der Waals surface area contributed by atoms with Crippen molar-refractivity contribution in [1.29, 1.82) is 0 Å². The molecule has 1 saturated heterocycles. The molecule has 0 amide bonds. The molecule has 2 aliphatic heterocycles. The van der Waals surface area contributed by atoms with Crippen molar-refractivity contribution < 1.29 is 23.7 Å². The fraction of sp³-hybridized carbons (Fsp3) is 0.611. The van der Waals surface area contributed by atoms with Crippen molar-refractivity contribution in [1.82, 2.24) is 0 Å². The molecule has 0 radical (unpaired) electrons. The molecule has 0 aliphatic carbocycles. The van der Waals surface area contributed by atoms with Crippen molar-refractivity contribution >= 4 is 17.4 Å². The summed E-state index contributed by atoms with van der Waals surface area (Å²) in [6.45, 7) is 2.60. The van der Waals surface area contributed by atoms with Crippen molar-refractivity contribution in [2.24, 2.45) is 5.92 Å². The Morgan fingerprint density at radius 1 is 1.25 bits per heavy atom. The second-order valence-electron chi connectivity index (χ2n) is 6.21. The molecule has 1 aromatic rings. The molecule has 0 saturated carbocycles. The van der Waals surface area contributed by atoms with Gasteiger partial charge in [-0.15, -0.1) is 0 Å². The highest BCUT2D eigenvalue weighted by atomic mass is 35.5. The van der Waals surface area contributed by atoms with Gasteiger partial charge in [-0.2, -0.15) is 0 Å². The van der Waals surface area contributed by atoms with Crippen molar-refractivity contribution in [3.05, 3.63) is 22.7 Å². The van der Waals surface area contributed by atoms with Gasteiger partial charge in [0.15, 0.2) is 5.78 Å². The number of ketones is 1. The summed E-state index contributed by atoms with van der Waals surface area (Å²) in [5.41, 5.74) is 0.549. The highest BCUT2D eigenvalue weighted by Gasteiger charge is 2.34. The maximum absolute atomic E-state index is 12.5. The van der Waals surface area contributed by atoms with Gasteiger partial charge in [0.2, 0.25) is 0 Å². The van der Waals surface area contributed by atoms with Gasteiger partial charge in [0.25, 0.3) is 0 Å². The summed E-state index contributed by atoms with van der Waals surface area (Å²) in [7, 11) is 1.65. The monoisotopic (exact) mass is 354 g/mol. The summed E-state index contributed by atoms with van der Waals surface area (Å²) in [5.74, 6) is 1.57. The van der Waals surface area contributed by atoms with E-state index in [1.807, 2.05) is 0 Å². The first-order valence-corrected chi connectivity index (χ1v) is 8.79. The third kappa shape index (κ3) is 4.02. The lowest BCUT2D eigenvalue weighted by atomic mass is 9.87. The topological polar surface area (TPSA) is 54.0 Å². The summed E-state index contributed by atoms with van der Waals surface area (Å²) in [6.07, 6.45) is 2.95. The smallest absolute Gasteiger partial charge is 0.170 e. The van der Waals surface area contributed by atoms with Crippen LogP contribution in [0.4, 0.5) is 0 Å². The highest BCUT2D eigenvalue weighted by molar-refractivity contribution is 6.32. The van der Waals surface area contributed by atoms with Crippen LogP contribution in [0.2, 0.25) is 5.02 Å². The van der Waals surface area contributed by atoms with Gasteiger partial charge in [0.05, 0.1) is 17.2 Å². The third-order valence-corrected chi connectivity index (χ3v) is 4.84. The number of rotatable bonds is 6. The van der Waals surface area contributed by atoms with E-state index >= 15 is 0 Å². The Balaban J connectivity index is 1.73. The molecule has 1 unspecified atom stereocenters. The fourth-order valence-corrected chi connectivity index (χ4v) is 3.41. The molecule has 1 atom stereocenters. The van der Waals surface area contributed by atoms with E-state index in [1.165, 1.54) is 0 Å². The molecule has 3 rings (SSSR count). The van der Waals surface area contributed by atoms with E-state index < -0.39 is 0 Å². The predicted molar refractivity (Wildman–Crippen MR) is 90.3 cm³/mol. The second-order valence-corrected chi connectivity index (χ2v) is 6.61. The predicted octanol–water partition coefficient (Wildman–Crippen LogP) is 3.52. The molecule has 2 heterocycles. The highest BCUT2D eigenvalue weighted by Crippen LogP contribution is 2.39. The van der Waals surface area contributed by atoms with E-state index in [9.17, 15) is 4.79 Å². The van der Waals surface area contributed by atoms with Crippen LogP contribution in [0.3, 0.4) is 0 Å². The zero-order valence-corrected chi connectivity index (χ0v) is 14.6. The van der Waals surface area contributed by atoms with Crippen LogP contribution in [-0.2, 0) is 9.47 Å². The van der Waals surface area contributed by atoms with Crippen molar-refractivity contribution in [2.75, 3.05) is 33.5 Å². The first-order valence-electron chi connectivity index (χ1n) is 8.42. The Kier molecular flexibility index (Phi) is 5.98. The number of carbonyl (C=O) groups is 1. The SMILES string of the molecule is COCCCOc1cc2c(cc1Cl)C(=O)CC(C1CCOCC1)O2. The molecule has 0 aromatic heterocycles. The van der Waals surface area contributed by atoms with Crippen LogP contribution in [0.25, 0.3) is 0 Å². The normalized spacial score (nSPS) is 21.2. The summed E-state index contributed by atoms with van der Waals surface area (Å²) in [5, 5.41) is 0.438. The molecule has 24 heavy (non-hydrogen) atoms. The van der Waals surface area contributed by atoms with Gasteiger partial charge in [0.1, 0.15) is 17.6 Å². The van der Waals surface area contributed by atoms with E-state index in [4.69, 9.17) is 30.5 Å². The fourth-order valence-electron chi connectivity index (χ4n) is 3.19. The number of Topliss-reactive ketones (excluding diaryl/α,β-unsaturated/α-hetero) is 1. The van der Waals surface area contributed by atoms with Gasteiger partial charge in [-0.1, -0.05) is 11.6 Å². The summed E-state index contributed by atoms with van der Waals surface area (Å²) in [4.78, 5) is 12.5. The molecule has 0 bridgehead atoms. The first kappa shape index (κ1) is 17.5. The number of methoxy groups -OCH3 is 1. The molecule has 1 aromatic carbocycles. The Bertz CT molecular complexity index is 583. The Morgan fingerprint density at radius 2 is 2.04 bits per heavy atom. The number of benzene rings is 1. The average molecular weight is 355 g/mol. The largest absolute Gasteiger partial charge is 0.492 e.